The molecule has 2 saturated heterocycles. The Morgan fingerprint density at radius 3 is 2.64 bits per heavy atom. The highest BCUT2D eigenvalue weighted by Gasteiger charge is 2.35. The van der Waals surface area contributed by atoms with Gasteiger partial charge in [0.25, 0.3) is 0 Å². The Morgan fingerprint density at radius 2 is 1.96 bits per heavy atom. The van der Waals surface area contributed by atoms with Crippen LogP contribution < -0.4 is 4.74 Å². The summed E-state index contributed by atoms with van der Waals surface area (Å²) >= 11 is 0. The number of hydrogen-bond donors (Lipinski definition) is 0. The first kappa shape index (κ1) is 18.2. The van der Waals surface area contributed by atoms with E-state index in [0.29, 0.717) is 12.0 Å². The van der Waals surface area contributed by atoms with E-state index in [4.69, 9.17) is 4.74 Å². The summed E-state index contributed by atoms with van der Waals surface area (Å²) in [6, 6.07) is 8.85. The van der Waals surface area contributed by atoms with Crippen LogP contribution in [0, 0.1) is 12.8 Å². The number of rotatable bonds is 5. The second-order valence-corrected chi connectivity index (χ2v) is 7.51. The van der Waals surface area contributed by atoms with E-state index in [-0.39, 0.29) is 5.91 Å². The minimum absolute atomic E-state index is 0.203. The summed E-state index contributed by atoms with van der Waals surface area (Å²) in [7, 11) is 0. The van der Waals surface area contributed by atoms with E-state index in [0.717, 1.165) is 58.2 Å². The summed E-state index contributed by atoms with van der Waals surface area (Å²) in [5.41, 5.74) is 1.23. The van der Waals surface area contributed by atoms with Crippen molar-refractivity contribution in [2.75, 3.05) is 52.4 Å². The number of carbonyl (C=O) groups is 1. The highest BCUT2D eigenvalue weighted by molar-refractivity contribution is 5.73. The maximum Gasteiger partial charge on any atom is 0.219 e. The first-order valence-electron chi connectivity index (χ1n) is 9.44. The van der Waals surface area contributed by atoms with Gasteiger partial charge in [-0.2, -0.15) is 0 Å². The molecule has 0 spiro atoms. The Kier molecular flexibility index (Phi) is 5.97. The number of carbonyl (C=O) groups excluding carboxylic acids is 1. The molecule has 0 bridgehead atoms. The van der Waals surface area contributed by atoms with Crippen LogP contribution in [0.4, 0.5) is 0 Å². The zero-order valence-corrected chi connectivity index (χ0v) is 15.8. The molecule has 2 heterocycles. The van der Waals surface area contributed by atoms with Crippen LogP contribution in [0.2, 0.25) is 0 Å². The molecule has 0 unspecified atom stereocenters. The first-order chi connectivity index (χ1) is 12.0. The maximum absolute atomic E-state index is 11.5. The molecule has 2 aliphatic rings. The summed E-state index contributed by atoms with van der Waals surface area (Å²) < 4.78 is 5.91. The van der Waals surface area contributed by atoms with Crippen molar-refractivity contribution >= 4 is 5.91 Å². The average molecular weight is 345 g/mol. The Hall–Kier alpha value is -1.59. The van der Waals surface area contributed by atoms with Gasteiger partial charge in [0.2, 0.25) is 5.91 Å². The molecule has 3 rings (SSSR count). The zero-order chi connectivity index (χ0) is 17.8. The van der Waals surface area contributed by atoms with Crippen LogP contribution in [-0.2, 0) is 4.79 Å². The fraction of sp³-hybridized carbons (Fsp3) is 0.650. The zero-order valence-electron chi connectivity index (χ0n) is 15.8. The molecule has 5 heteroatoms. The second-order valence-electron chi connectivity index (χ2n) is 7.51. The minimum atomic E-state index is 0.203. The van der Waals surface area contributed by atoms with Gasteiger partial charge < -0.3 is 9.64 Å². The maximum atomic E-state index is 11.5. The second kappa shape index (κ2) is 8.19. The van der Waals surface area contributed by atoms with Gasteiger partial charge in [-0.3, -0.25) is 14.6 Å². The molecule has 2 atom stereocenters. The molecule has 0 aromatic heterocycles. The molecule has 0 saturated carbocycles. The van der Waals surface area contributed by atoms with Crippen LogP contribution in [0.3, 0.4) is 0 Å². The van der Waals surface area contributed by atoms with Crippen molar-refractivity contribution < 1.29 is 9.53 Å². The third kappa shape index (κ3) is 4.73. The lowest BCUT2D eigenvalue weighted by Gasteiger charge is -2.39. The van der Waals surface area contributed by atoms with E-state index in [1.807, 2.05) is 17.0 Å². The molecule has 1 aromatic rings. The topological polar surface area (TPSA) is 36.0 Å². The van der Waals surface area contributed by atoms with Gasteiger partial charge in [0.1, 0.15) is 12.4 Å². The standard InChI is InChI=1S/C20H31N3O2/c1-16-5-4-6-19(13-16)25-12-11-21-14-17(2)20(15-21)23-9-7-22(8-10-23)18(3)24/h4-6,13,17,20H,7-12,14-15H2,1-3H3/t17-,20+/m0/s1. The number of ether oxygens (including phenoxy) is 1. The van der Waals surface area contributed by atoms with Crippen LogP contribution in [0.5, 0.6) is 5.75 Å². The minimum Gasteiger partial charge on any atom is -0.492 e. The van der Waals surface area contributed by atoms with Gasteiger partial charge in [0.05, 0.1) is 0 Å². The van der Waals surface area contributed by atoms with E-state index in [2.05, 4.69) is 35.8 Å². The normalized spacial score (nSPS) is 25.3. The molecule has 0 N–H and O–H groups in total. The van der Waals surface area contributed by atoms with Crippen LogP contribution >= 0.6 is 0 Å². The molecule has 25 heavy (non-hydrogen) atoms. The third-order valence-electron chi connectivity index (χ3n) is 5.54. The monoisotopic (exact) mass is 345 g/mol. The van der Waals surface area contributed by atoms with Crippen LogP contribution in [0.1, 0.15) is 19.4 Å². The lowest BCUT2D eigenvalue weighted by Crippen LogP contribution is -2.53. The van der Waals surface area contributed by atoms with E-state index >= 15 is 0 Å². The molecule has 1 amide bonds. The van der Waals surface area contributed by atoms with Gasteiger partial charge in [0, 0.05) is 58.8 Å². The van der Waals surface area contributed by atoms with Crippen molar-refractivity contribution in [2.45, 2.75) is 26.8 Å². The Morgan fingerprint density at radius 1 is 1.20 bits per heavy atom. The predicted octanol–water partition coefficient (Wildman–Crippen LogP) is 1.86. The lowest BCUT2D eigenvalue weighted by atomic mass is 10.0. The molecule has 0 radical (unpaired) electrons. The number of amides is 1. The number of nitrogens with zero attached hydrogens (tertiary/aromatic N) is 3. The van der Waals surface area contributed by atoms with E-state index in [1.165, 1.54) is 5.56 Å². The van der Waals surface area contributed by atoms with Crippen molar-refractivity contribution in [3.05, 3.63) is 29.8 Å². The van der Waals surface area contributed by atoms with Crippen LogP contribution in [0.25, 0.3) is 0 Å². The molecule has 2 fully saturated rings. The summed E-state index contributed by atoms with van der Waals surface area (Å²) in [6.45, 7) is 13.8. The average Bonchev–Trinajstić information content (AvgIpc) is 2.96. The number of piperazine rings is 1. The summed E-state index contributed by atoms with van der Waals surface area (Å²) in [5.74, 6) is 1.83. The molecule has 1 aromatic carbocycles. The van der Waals surface area contributed by atoms with E-state index < -0.39 is 0 Å². The molecule has 0 aliphatic carbocycles. The van der Waals surface area contributed by atoms with Crippen LogP contribution in [-0.4, -0.2) is 79.1 Å². The summed E-state index contributed by atoms with van der Waals surface area (Å²) in [4.78, 5) is 18.5. The number of benzene rings is 1. The summed E-state index contributed by atoms with van der Waals surface area (Å²) in [5, 5.41) is 0. The van der Waals surface area contributed by atoms with Crippen molar-refractivity contribution in [3.8, 4) is 5.75 Å². The highest BCUT2D eigenvalue weighted by atomic mass is 16.5. The molecule has 2 aliphatic heterocycles. The Balaban J connectivity index is 1.43. The number of aryl methyl sites for hydroxylation is 1. The smallest absolute Gasteiger partial charge is 0.219 e. The quantitative estimate of drug-likeness (QED) is 0.816. The summed E-state index contributed by atoms with van der Waals surface area (Å²) in [6.07, 6.45) is 0. The van der Waals surface area contributed by atoms with Gasteiger partial charge in [-0.05, 0) is 30.5 Å². The fourth-order valence-electron chi connectivity index (χ4n) is 4.07. The number of likely N-dealkylation sites (tertiary alicyclic amines) is 1. The molecular weight excluding hydrogens is 314 g/mol. The fourth-order valence-corrected chi connectivity index (χ4v) is 4.07. The molecule has 138 valence electrons. The SMILES string of the molecule is CC(=O)N1CCN([C@@H]2CN(CCOc3cccc(C)c3)C[C@@H]2C)CC1. The Bertz CT molecular complexity index is 584. The first-order valence-corrected chi connectivity index (χ1v) is 9.44. The van der Waals surface area contributed by atoms with E-state index in [1.54, 1.807) is 6.92 Å². The Labute approximate surface area is 151 Å². The van der Waals surface area contributed by atoms with Crippen molar-refractivity contribution in [2.24, 2.45) is 5.92 Å². The van der Waals surface area contributed by atoms with Gasteiger partial charge in [-0.15, -0.1) is 0 Å². The van der Waals surface area contributed by atoms with Gasteiger partial charge in [0.15, 0.2) is 0 Å². The van der Waals surface area contributed by atoms with Gasteiger partial charge in [-0.1, -0.05) is 19.1 Å². The van der Waals surface area contributed by atoms with Gasteiger partial charge in [-0.25, -0.2) is 0 Å². The van der Waals surface area contributed by atoms with Crippen molar-refractivity contribution in [1.82, 2.24) is 14.7 Å². The highest BCUT2D eigenvalue weighted by Crippen LogP contribution is 2.23. The predicted molar refractivity (Wildman–Crippen MR) is 99.9 cm³/mol. The van der Waals surface area contributed by atoms with Gasteiger partial charge >= 0.3 is 0 Å². The van der Waals surface area contributed by atoms with Crippen molar-refractivity contribution in [1.29, 1.82) is 0 Å². The lowest BCUT2D eigenvalue weighted by molar-refractivity contribution is -0.130. The molecular formula is C20H31N3O2. The van der Waals surface area contributed by atoms with E-state index in [9.17, 15) is 4.79 Å². The van der Waals surface area contributed by atoms with Crippen LogP contribution in [0.15, 0.2) is 24.3 Å². The number of hydrogen-bond acceptors (Lipinski definition) is 4. The van der Waals surface area contributed by atoms with Crippen molar-refractivity contribution in [3.63, 3.8) is 0 Å². The molecule has 5 nitrogen and oxygen atoms in total. The third-order valence-corrected chi connectivity index (χ3v) is 5.54. The largest absolute Gasteiger partial charge is 0.492 e.